The van der Waals surface area contributed by atoms with Crippen LogP contribution in [0.3, 0.4) is 0 Å². The summed E-state index contributed by atoms with van der Waals surface area (Å²) in [6.07, 6.45) is 2.12. The van der Waals surface area contributed by atoms with Crippen LogP contribution in [0.15, 0.2) is 30.3 Å². The Morgan fingerprint density at radius 2 is 2.18 bits per heavy atom. The molecule has 1 N–H and O–H groups in total. The number of benzene rings is 1. The first-order chi connectivity index (χ1) is 6.65. The van der Waals surface area contributed by atoms with Crippen LogP contribution in [-0.4, -0.2) is 6.54 Å². The fourth-order valence-corrected chi connectivity index (χ4v) is 0.803. The average Bonchev–Trinajstić information content (AvgIpc) is 2.09. The van der Waals surface area contributed by atoms with Crippen LogP contribution in [0.4, 0.5) is 5.69 Å². The minimum atomic E-state index is 0.223. The molecule has 0 saturated heterocycles. The maximum atomic E-state index is 7.59. The second-order valence-electron chi connectivity index (χ2n) is 2.40. The summed E-state index contributed by atoms with van der Waals surface area (Å²) in [6.45, 7) is 2.88. The summed E-state index contributed by atoms with van der Waals surface area (Å²) >= 11 is 0. The molecule has 0 aliphatic rings. The highest BCUT2D eigenvalue weighted by Gasteiger charge is 1.86. The number of nitrogens with one attached hydrogen (secondary N) is 1. The minimum Gasteiger partial charge on any atom is -0.385 e. The Bertz CT molecular complexity index is 289. The van der Waals surface area contributed by atoms with E-state index in [1.807, 2.05) is 0 Å². The Morgan fingerprint density at radius 1 is 1.45 bits per heavy atom. The van der Waals surface area contributed by atoms with E-state index >= 15 is 0 Å². The molecule has 0 aliphatic heterocycles. The third-order valence-corrected chi connectivity index (χ3v) is 1.43. The van der Waals surface area contributed by atoms with Gasteiger partial charge in [-0.15, -0.1) is 0 Å². The standard InChI is InChI=1S/C10H15N/c1-2-3-9-11-10-7-5-4-6-8-10/h4-8,11H,2-3,9H2,1H3/i4D,7D,8D. The fourth-order valence-electron chi connectivity index (χ4n) is 0.803. The molecule has 0 radical (unpaired) electrons. The van der Waals surface area contributed by atoms with Gasteiger partial charge in [-0.3, -0.25) is 0 Å². The van der Waals surface area contributed by atoms with Crippen molar-refractivity contribution in [2.24, 2.45) is 0 Å². The van der Waals surface area contributed by atoms with E-state index in [4.69, 9.17) is 4.11 Å². The number of unbranched alkanes of at least 4 members (excludes halogenated alkanes) is 1. The lowest BCUT2D eigenvalue weighted by Crippen LogP contribution is -1.99. The van der Waals surface area contributed by atoms with Crippen molar-refractivity contribution in [1.82, 2.24) is 0 Å². The molecule has 1 rings (SSSR count). The van der Waals surface area contributed by atoms with Crippen molar-refractivity contribution in [2.75, 3.05) is 11.9 Å². The molecule has 0 saturated carbocycles. The van der Waals surface area contributed by atoms with Gasteiger partial charge in [0.25, 0.3) is 0 Å². The first kappa shape index (κ1) is 4.81. The zero-order chi connectivity index (χ0) is 10.6. The molecule has 0 unspecified atom stereocenters. The molecule has 1 heteroatoms. The Morgan fingerprint density at radius 3 is 2.82 bits per heavy atom. The Balaban J connectivity index is 2.75. The largest absolute Gasteiger partial charge is 0.385 e. The van der Waals surface area contributed by atoms with E-state index < -0.39 is 0 Å². The maximum Gasteiger partial charge on any atom is 0.0645 e. The van der Waals surface area contributed by atoms with E-state index in [1.165, 1.54) is 12.1 Å². The summed E-state index contributed by atoms with van der Waals surface area (Å²) in [5.41, 5.74) is 0.537. The average molecular weight is 152 g/mol. The molecule has 1 aromatic rings. The Kier molecular flexibility index (Phi) is 2.09. The van der Waals surface area contributed by atoms with Crippen molar-refractivity contribution < 1.29 is 4.11 Å². The highest BCUT2D eigenvalue weighted by Crippen LogP contribution is 2.04. The molecule has 0 amide bonds. The topological polar surface area (TPSA) is 12.0 Å². The summed E-state index contributed by atoms with van der Waals surface area (Å²) in [7, 11) is 0. The molecule has 0 heterocycles. The second-order valence-corrected chi connectivity index (χ2v) is 2.40. The second kappa shape index (κ2) is 4.78. The normalized spacial score (nSPS) is 13.4. The monoisotopic (exact) mass is 152 g/mol. The summed E-state index contributed by atoms with van der Waals surface area (Å²) in [5, 5.41) is 3.05. The van der Waals surface area contributed by atoms with E-state index in [-0.39, 0.29) is 18.1 Å². The molecule has 0 aliphatic carbocycles. The third-order valence-electron chi connectivity index (χ3n) is 1.43. The lowest BCUT2D eigenvalue weighted by molar-refractivity contribution is 0.834. The molecular formula is C10H15N. The quantitative estimate of drug-likeness (QED) is 0.654. The van der Waals surface area contributed by atoms with Crippen LogP contribution < -0.4 is 5.32 Å². The molecule has 0 fully saturated rings. The van der Waals surface area contributed by atoms with E-state index in [1.54, 1.807) is 0 Å². The van der Waals surface area contributed by atoms with Crippen LogP contribution in [0.2, 0.25) is 0 Å². The molecule has 1 aromatic carbocycles. The SMILES string of the molecule is [2H]c1cc([2H])c(NCCCC)c([2H])c1. The lowest BCUT2D eigenvalue weighted by Gasteiger charge is -2.03. The third kappa shape index (κ3) is 3.08. The van der Waals surface area contributed by atoms with E-state index in [0.717, 1.165) is 19.4 Å². The van der Waals surface area contributed by atoms with Gasteiger partial charge in [0, 0.05) is 12.2 Å². The van der Waals surface area contributed by atoms with Crippen LogP contribution in [0, 0.1) is 0 Å². The van der Waals surface area contributed by atoms with Gasteiger partial charge in [-0.25, -0.2) is 0 Å². The Labute approximate surface area is 72.7 Å². The maximum absolute atomic E-state index is 7.59. The zero-order valence-electron chi connectivity index (χ0n) is 9.78. The van der Waals surface area contributed by atoms with Gasteiger partial charge in [-0.1, -0.05) is 31.5 Å². The lowest BCUT2D eigenvalue weighted by atomic mass is 10.3. The van der Waals surface area contributed by atoms with E-state index in [0.29, 0.717) is 5.69 Å². The van der Waals surface area contributed by atoms with E-state index in [2.05, 4.69) is 12.2 Å². The van der Waals surface area contributed by atoms with Gasteiger partial charge >= 0.3 is 0 Å². The predicted molar refractivity (Wildman–Crippen MR) is 49.8 cm³/mol. The molecule has 0 bridgehead atoms. The van der Waals surface area contributed by atoms with Crippen molar-refractivity contribution in [3.63, 3.8) is 0 Å². The van der Waals surface area contributed by atoms with E-state index in [9.17, 15) is 0 Å². The van der Waals surface area contributed by atoms with Crippen molar-refractivity contribution in [3.05, 3.63) is 30.3 Å². The first-order valence-electron chi connectivity index (χ1n) is 5.47. The van der Waals surface area contributed by atoms with Gasteiger partial charge in [-0.05, 0) is 18.5 Å². The molecule has 1 nitrogen and oxygen atoms in total. The predicted octanol–water partition coefficient (Wildman–Crippen LogP) is 2.90. The summed E-state index contributed by atoms with van der Waals surface area (Å²) < 4.78 is 22.5. The minimum absolute atomic E-state index is 0.223. The molecule has 60 valence electrons. The number of hydrogen-bond donors (Lipinski definition) is 1. The van der Waals surface area contributed by atoms with Gasteiger partial charge in [0.05, 0.1) is 4.11 Å². The first-order valence-corrected chi connectivity index (χ1v) is 3.97. The summed E-state index contributed by atoms with van der Waals surface area (Å²) in [4.78, 5) is 0. The van der Waals surface area contributed by atoms with Crippen LogP contribution in [0.25, 0.3) is 0 Å². The Hall–Kier alpha value is -0.980. The number of anilines is 1. The molecular weight excluding hydrogens is 134 g/mol. The number of rotatable bonds is 4. The molecule has 0 spiro atoms. The number of hydrogen-bond acceptors (Lipinski definition) is 1. The smallest absolute Gasteiger partial charge is 0.0645 e. The van der Waals surface area contributed by atoms with Gasteiger partial charge in [0.2, 0.25) is 0 Å². The van der Waals surface area contributed by atoms with Crippen LogP contribution in [0.5, 0.6) is 0 Å². The summed E-state index contributed by atoms with van der Waals surface area (Å²) in [6, 6.07) is 3.59. The fraction of sp³-hybridized carbons (Fsp3) is 0.400. The van der Waals surface area contributed by atoms with Crippen LogP contribution in [0.1, 0.15) is 23.9 Å². The number of para-hydroxylation sites is 1. The van der Waals surface area contributed by atoms with Gasteiger partial charge < -0.3 is 5.32 Å². The van der Waals surface area contributed by atoms with Gasteiger partial charge in [-0.2, -0.15) is 0 Å². The molecule has 11 heavy (non-hydrogen) atoms. The van der Waals surface area contributed by atoms with Crippen molar-refractivity contribution in [3.8, 4) is 0 Å². The van der Waals surface area contributed by atoms with Gasteiger partial charge in [0.15, 0.2) is 0 Å². The van der Waals surface area contributed by atoms with Crippen molar-refractivity contribution in [1.29, 1.82) is 0 Å². The van der Waals surface area contributed by atoms with Crippen molar-refractivity contribution >= 4 is 5.69 Å². The zero-order valence-corrected chi connectivity index (χ0v) is 6.78. The van der Waals surface area contributed by atoms with Gasteiger partial charge in [0.1, 0.15) is 0 Å². The van der Waals surface area contributed by atoms with Crippen molar-refractivity contribution in [2.45, 2.75) is 19.8 Å². The highest BCUT2D eigenvalue weighted by atomic mass is 14.9. The van der Waals surface area contributed by atoms with Crippen LogP contribution >= 0.6 is 0 Å². The van der Waals surface area contributed by atoms with Crippen LogP contribution in [-0.2, 0) is 0 Å². The molecule has 0 aromatic heterocycles. The highest BCUT2D eigenvalue weighted by molar-refractivity contribution is 5.42. The molecule has 0 atom stereocenters. The summed E-state index contributed by atoms with van der Waals surface area (Å²) in [5.74, 6) is 0.